The van der Waals surface area contributed by atoms with Crippen molar-refractivity contribution in [3.8, 4) is 0 Å². The number of nitrogens with one attached hydrogen (secondary N) is 1. The highest BCUT2D eigenvalue weighted by Gasteiger charge is 2.08. The Kier molecular flexibility index (Phi) is 5.12. The average molecular weight is 341 g/mol. The maximum atomic E-state index is 11.5. The van der Waals surface area contributed by atoms with Crippen LogP contribution in [0.3, 0.4) is 0 Å². The van der Waals surface area contributed by atoms with Crippen molar-refractivity contribution in [1.29, 1.82) is 0 Å². The van der Waals surface area contributed by atoms with Crippen molar-refractivity contribution in [3.63, 3.8) is 0 Å². The second-order valence-corrected chi connectivity index (χ2v) is 6.18. The summed E-state index contributed by atoms with van der Waals surface area (Å²) in [6, 6.07) is 3.70. The summed E-state index contributed by atoms with van der Waals surface area (Å²) in [5, 5.41) is 3.79. The maximum Gasteiger partial charge on any atom is 0.261 e. The van der Waals surface area contributed by atoms with Crippen LogP contribution in [0.15, 0.2) is 15.9 Å². The summed E-state index contributed by atoms with van der Waals surface area (Å²) in [7, 11) is 0. The van der Waals surface area contributed by atoms with E-state index in [1.165, 1.54) is 11.3 Å². The van der Waals surface area contributed by atoms with Crippen molar-refractivity contribution >= 4 is 49.1 Å². The topological polar surface area (TPSA) is 29.1 Å². The molecule has 0 bridgehead atoms. The SMILES string of the molecule is CC(CBr)CNC(=O)c1ccc(Br)s1. The standard InChI is InChI=1S/C9H11Br2NOS/c1-6(4-10)5-12-9(13)7-2-3-8(11)14-7/h2-3,6H,4-5H2,1H3,(H,12,13). The molecule has 0 spiro atoms. The van der Waals surface area contributed by atoms with Crippen LogP contribution in [0.25, 0.3) is 0 Å². The highest BCUT2D eigenvalue weighted by Crippen LogP contribution is 2.21. The lowest BCUT2D eigenvalue weighted by molar-refractivity contribution is 0.0953. The van der Waals surface area contributed by atoms with Crippen LogP contribution < -0.4 is 5.32 Å². The summed E-state index contributed by atoms with van der Waals surface area (Å²) in [5.74, 6) is 0.468. The number of carbonyl (C=O) groups excluding carboxylic acids is 1. The summed E-state index contributed by atoms with van der Waals surface area (Å²) in [5.41, 5.74) is 0. The summed E-state index contributed by atoms with van der Waals surface area (Å²) < 4.78 is 0.983. The monoisotopic (exact) mass is 339 g/mol. The van der Waals surface area contributed by atoms with Crippen LogP contribution in [0, 0.1) is 5.92 Å². The van der Waals surface area contributed by atoms with Gasteiger partial charge in [-0.05, 0) is 34.0 Å². The van der Waals surface area contributed by atoms with Crippen LogP contribution >= 0.6 is 43.2 Å². The van der Waals surface area contributed by atoms with E-state index in [0.29, 0.717) is 12.5 Å². The van der Waals surface area contributed by atoms with E-state index in [-0.39, 0.29) is 5.91 Å². The average Bonchev–Trinajstić information content (AvgIpc) is 2.60. The fraction of sp³-hybridized carbons (Fsp3) is 0.444. The third kappa shape index (κ3) is 3.71. The molecule has 2 nitrogen and oxygen atoms in total. The fourth-order valence-corrected chi connectivity index (χ4v) is 2.38. The molecule has 0 aliphatic rings. The summed E-state index contributed by atoms with van der Waals surface area (Å²) in [6.07, 6.45) is 0. The Balaban J connectivity index is 2.43. The molecule has 0 aliphatic carbocycles. The molecule has 0 radical (unpaired) electrons. The lowest BCUT2D eigenvalue weighted by Gasteiger charge is -2.07. The van der Waals surface area contributed by atoms with Crippen LogP contribution in [-0.2, 0) is 0 Å². The molecule has 0 aromatic carbocycles. The molecule has 1 amide bonds. The predicted octanol–water partition coefficient (Wildman–Crippen LogP) is 3.27. The molecule has 0 fully saturated rings. The van der Waals surface area contributed by atoms with Crippen molar-refractivity contribution in [2.75, 3.05) is 11.9 Å². The highest BCUT2D eigenvalue weighted by molar-refractivity contribution is 9.11. The Labute approximate surface area is 104 Å². The summed E-state index contributed by atoms with van der Waals surface area (Å²) in [6.45, 7) is 2.79. The quantitative estimate of drug-likeness (QED) is 0.837. The molecule has 1 aromatic rings. The van der Waals surface area contributed by atoms with E-state index in [1.807, 2.05) is 12.1 Å². The lowest BCUT2D eigenvalue weighted by Crippen LogP contribution is -2.28. The van der Waals surface area contributed by atoms with Crippen LogP contribution in [0.2, 0.25) is 0 Å². The van der Waals surface area contributed by atoms with E-state index in [0.717, 1.165) is 14.0 Å². The molecule has 1 rings (SSSR count). The molecule has 1 unspecified atom stereocenters. The third-order valence-corrected chi connectivity index (χ3v) is 4.40. The van der Waals surface area contributed by atoms with Crippen LogP contribution in [0.4, 0.5) is 0 Å². The highest BCUT2D eigenvalue weighted by atomic mass is 79.9. The van der Waals surface area contributed by atoms with E-state index in [1.54, 1.807) is 0 Å². The van der Waals surface area contributed by atoms with Gasteiger partial charge in [0, 0.05) is 11.9 Å². The lowest BCUT2D eigenvalue weighted by atomic mass is 10.2. The Bertz CT molecular complexity index is 314. The number of thiophene rings is 1. The van der Waals surface area contributed by atoms with Crippen molar-refractivity contribution in [3.05, 3.63) is 20.8 Å². The van der Waals surface area contributed by atoms with Gasteiger partial charge in [0.25, 0.3) is 5.91 Å². The van der Waals surface area contributed by atoms with Crippen molar-refractivity contribution in [2.24, 2.45) is 5.92 Å². The Morgan fingerprint density at radius 1 is 1.64 bits per heavy atom. The van der Waals surface area contributed by atoms with Gasteiger partial charge in [0.1, 0.15) is 0 Å². The predicted molar refractivity (Wildman–Crippen MR) is 67.3 cm³/mol. The Hall–Kier alpha value is 0.130. The van der Waals surface area contributed by atoms with Gasteiger partial charge in [-0.2, -0.15) is 0 Å². The molecular weight excluding hydrogens is 330 g/mol. The Morgan fingerprint density at radius 3 is 2.86 bits per heavy atom. The van der Waals surface area contributed by atoms with E-state index in [2.05, 4.69) is 44.1 Å². The van der Waals surface area contributed by atoms with Crippen LogP contribution in [-0.4, -0.2) is 17.8 Å². The molecule has 5 heteroatoms. The van der Waals surface area contributed by atoms with E-state index in [4.69, 9.17) is 0 Å². The second-order valence-electron chi connectivity index (χ2n) is 3.07. The zero-order valence-corrected chi connectivity index (χ0v) is 11.7. The normalized spacial score (nSPS) is 12.5. The smallest absolute Gasteiger partial charge is 0.261 e. The van der Waals surface area contributed by atoms with Crippen molar-refractivity contribution in [2.45, 2.75) is 6.92 Å². The van der Waals surface area contributed by atoms with Gasteiger partial charge in [0.05, 0.1) is 8.66 Å². The van der Waals surface area contributed by atoms with E-state index < -0.39 is 0 Å². The zero-order chi connectivity index (χ0) is 10.6. The number of amides is 1. The van der Waals surface area contributed by atoms with Gasteiger partial charge in [-0.1, -0.05) is 22.9 Å². The fourth-order valence-electron chi connectivity index (χ4n) is 0.845. The minimum atomic E-state index is 0.00787. The van der Waals surface area contributed by atoms with Gasteiger partial charge in [0.2, 0.25) is 0 Å². The molecule has 0 saturated carbocycles. The number of alkyl halides is 1. The number of rotatable bonds is 4. The number of hydrogen-bond donors (Lipinski definition) is 1. The zero-order valence-electron chi connectivity index (χ0n) is 7.72. The first-order chi connectivity index (χ1) is 6.63. The van der Waals surface area contributed by atoms with Crippen LogP contribution in [0.1, 0.15) is 16.6 Å². The largest absolute Gasteiger partial charge is 0.351 e. The van der Waals surface area contributed by atoms with Gasteiger partial charge < -0.3 is 5.32 Å². The molecule has 1 atom stereocenters. The molecule has 0 saturated heterocycles. The first-order valence-electron chi connectivity index (χ1n) is 4.23. The summed E-state index contributed by atoms with van der Waals surface area (Å²) >= 11 is 8.14. The van der Waals surface area contributed by atoms with Crippen molar-refractivity contribution < 1.29 is 4.79 Å². The van der Waals surface area contributed by atoms with Crippen molar-refractivity contribution in [1.82, 2.24) is 5.32 Å². The first kappa shape index (κ1) is 12.2. The first-order valence-corrected chi connectivity index (χ1v) is 6.96. The van der Waals surface area contributed by atoms with Gasteiger partial charge in [0.15, 0.2) is 0 Å². The molecule has 1 heterocycles. The molecule has 1 N–H and O–H groups in total. The molecule has 1 aromatic heterocycles. The Morgan fingerprint density at radius 2 is 2.36 bits per heavy atom. The molecule has 78 valence electrons. The maximum absolute atomic E-state index is 11.5. The minimum Gasteiger partial charge on any atom is -0.351 e. The number of hydrogen-bond acceptors (Lipinski definition) is 2. The van der Waals surface area contributed by atoms with Crippen LogP contribution in [0.5, 0.6) is 0 Å². The van der Waals surface area contributed by atoms with E-state index >= 15 is 0 Å². The third-order valence-electron chi connectivity index (χ3n) is 1.67. The summed E-state index contributed by atoms with van der Waals surface area (Å²) in [4.78, 5) is 12.3. The minimum absolute atomic E-state index is 0.00787. The van der Waals surface area contributed by atoms with Gasteiger partial charge in [-0.25, -0.2) is 0 Å². The molecular formula is C9H11Br2NOS. The molecule has 0 aliphatic heterocycles. The second kappa shape index (κ2) is 5.88. The van der Waals surface area contributed by atoms with Gasteiger partial charge >= 0.3 is 0 Å². The number of halogens is 2. The van der Waals surface area contributed by atoms with Gasteiger partial charge in [-0.3, -0.25) is 4.79 Å². The van der Waals surface area contributed by atoms with E-state index in [9.17, 15) is 4.79 Å². The molecule has 14 heavy (non-hydrogen) atoms. The van der Waals surface area contributed by atoms with Gasteiger partial charge in [-0.15, -0.1) is 11.3 Å². The number of carbonyl (C=O) groups is 1.